The van der Waals surface area contributed by atoms with Gasteiger partial charge in [-0.25, -0.2) is 0 Å². The number of nitrogens with zero attached hydrogens (tertiary/aromatic N) is 2. The Balaban J connectivity index is 1.92. The van der Waals surface area contributed by atoms with Crippen LogP contribution in [0.5, 0.6) is 0 Å². The zero-order chi connectivity index (χ0) is 9.80. The van der Waals surface area contributed by atoms with Gasteiger partial charge >= 0.3 is 0 Å². The van der Waals surface area contributed by atoms with Crippen LogP contribution in [0.3, 0.4) is 0 Å². The number of rotatable bonds is 2. The summed E-state index contributed by atoms with van der Waals surface area (Å²) in [5.74, 6) is 0. The van der Waals surface area contributed by atoms with E-state index in [9.17, 15) is 0 Å². The molecule has 1 heterocycles. The highest BCUT2D eigenvalue weighted by Gasteiger charge is 2.15. The van der Waals surface area contributed by atoms with Gasteiger partial charge in [0.15, 0.2) is 5.15 Å². The smallest absolute Gasteiger partial charge is 0.143 e. The third kappa shape index (κ3) is 2.85. The van der Waals surface area contributed by atoms with E-state index < -0.39 is 0 Å². The Labute approximate surface area is 93.4 Å². The monoisotopic (exact) mass is 228 g/mol. The van der Waals surface area contributed by atoms with Crippen LogP contribution in [-0.2, 0) is 0 Å². The van der Waals surface area contributed by atoms with Gasteiger partial charge in [0.05, 0.1) is 0 Å². The van der Waals surface area contributed by atoms with Gasteiger partial charge in [-0.15, -0.1) is 22.0 Å². The Morgan fingerprint density at radius 1 is 1.14 bits per heavy atom. The molecule has 0 unspecified atom stereocenters. The molecule has 1 saturated carbocycles. The van der Waals surface area contributed by atoms with Crippen molar-refractivity contribution in [3.63, 3.8) is 0 Å². The van der Waals surface area contributed by atoms with E-state index in [1.165, 1.54) is 32.1 Å². The minimum atomic E-state index is 0.470. The molecule has 1 aliphatic rings. The van der Waals surface area contributed by atoms with Crippen molar-refractivity contribution in [2.24, 2.45) is 0 Å². The summed E-state index contributed by atoms with van der Waals surface area (Å²) < 4.78 is 0. The van der Waals surface area contributed by atoms with Gasteiger partial charge in [0.25, 0.3) is 0 Å². The zero-order valence-corrected chi connectivity index (χ0v) is 9.52. The normalized spacial score (nSPS) is 18.4. The fourth-order valence-corrected chi connectivity index (χ4v) is 2.97. The molecule has 0 N–H and O–H groups in total. The number of aromatic nitrogens is 2. The average molecular weight is 229 g/mol. The second kappa shape index (κ2) is 4.99. The second-order valence-electron chi connectivity index (χ2n) is 3.57. The fraction of sp³-hybridized carbons (Fsp3) is 0.600. The largest absolute Gasteiger partial charge is 0.151 e. The maximum atomic E-state index is 5.67. The number of halogens is 1. The van der Waals surface area contributed by atoms with E-state index in [0.717, 1.165) is 10.3 Å². The SMILES string of the molecule is Clc1ccc(SC2CCCCC2)nn1. The highest BCUT2D eigenvalue weighted by atomic mass is 35.5. The number of hydrogen-bond acceptors (Lipinski definition) is 3. The van der Waals surface area contributed by atoms with Crippen molar-refractivity contribution in [2.45, 2.75) is 42.4 Å². The van der Waals surface area contributed by atoms with E-state index in [1.54, 1.807) is 6.07 Å². The Morgan fingerprint density at radius 3 is 2.57 bits per heavy atom. The molecule has 2 rings (SSSR count). The van der Waals surface area contributed by atoms with Crippen LogP contribution in [0.4, 0.5) is 0 Å². The van der Waals surface area contributed by atoms with E-state index >= 15 is 0 Å². The lowest BCUT2D eigenvalue weighted by Gasteiger charge is -2.19. The summed E-state index contributed by atoms with van der Waals surface area (Å²) in [5.41, 5.74) is 0. The first kappa shape index (κ1) is 10.2. The van der Waals surface area contributed by atoms with Gasteiger partial charge in [0.1, 0.15) is 5.03 Å². The predicted octanol–water partition coefficient (Wildman–Crippen LogP) is 3.55. The van der Waals surface area contributed by atoms with Crippen molar-refractivity contribution in [1.29, 1.82) is 0 Å². The van der Waals surface area contributed by atoms with Crippen molar-refractivity contribution in [2.75, 3.05) is 0 Å². The van der Waals surface area contributed by atoms with Crippen LogP contribution in [0, 0.1) is 0 Å². The van der Waals surface area contributed by atoms with Crippen molar-refractivity contribution in [3.8, 4) is 0 Å². The molecule has 1 aliphatic carbocycles. The molecule has 0 aliphatic heterocycles. The lowest BCUT2D eigenvalue weighted by atomic mass is 10.0. The topological polar surface area (TPSA) is 25.8 Å². The lowest BCUT2D eigenvalue weighted by molar-refractivity contribution is 0.515. The van der Waals surface area contributed by atoms with Crippen LogP contribution in [0.2, 0.25) is 5.15 Å². The van der Waals surface area contributed by atoms with Crippen molar-refractivity contribution < 1.29 is 0 Å². The Kier molecular flexibility index (Phi) is 3.65. The maximum absolute atomic E-state index is 5.67. The number of hydrogen-bond donors (Lipinski definition) is 0. The van der Waals surface area contributed by atoms with E-state index in [-0.39, 0.29) is 0 Å². The van der Waals surface area contributed by atoms with Crippen LogP contribution in [0.15, 0.2) is 17.2 Å². The highest BCUT2D eigenvalue weighted by molar-refractivity contribution is 7.99. The Hall–Kier alpha value is -0.280. The maximum Gasteiger partial charge on any atom is 0.151 e. The van der Waals surface area contributed by atoms with Gasteiger partial charge in [-0.1, -0.05) is 30.9 Å². The number of thioether (sulfide) groups is 1. The van der Waals surface area contributed by atoms with E-state index in [0.29, 0.717) is 5.15 Å². The van der Waals surface area contributed by atoms with Gasteiger partial charge in [-0.2, -0.15) is 0 Å². The van der Waals surface area contributed by atoms with E-state index in [1.807, 2.05) is 17.8 Å². The Morgan fingerprint density at radius 2 is 1.93 bits per heavy atom. The first-order valence-corrected chi connectivity index (χ1v) is 6.26. The van der Waals surface area contributed by atoms with Crippen LogP contribution in [0.1, 0.15) is 32.1 Å². The molecular weight excluding hydrogens is 216 g/mol. The van der Waals surface area contributed by atoms with Crippen LogP contribution in [0.25, 0.3) is 0 Å². The van der Waals surface area contributed by atoms with E-state index in [2.05, 4.69) is 10.2 Å². The van der Waals surface area contributed by atoms with Crippen LogP contribution in [-0.4, -0.2) is 15.4 Å². The minimum absolute atomic E-state index is 0.470. The van der Waals surface area contributed by atoms with Crippen LogP contribution >= 0.6 is 23.4 Å². The molecule has 0 saturated heterocycles. The van der Waals surface area contributed by atoms with Gasteiger partial charge in [-0.3, -0.25) is 0 Å². The van der Waals surface area contributed by atoms with E-state index in [4.69, 9.17) is 11.6 Å². The molecule has 0 bridgehead atoms. The Bertz CT molecular complexity index is 283. The molecule has 1 aromatic heterocycles. The molecule has 0 radical (unpaired) electrons. The molecule has 0 aromatic carbocycles. The molecule has 0 atom stereocenters. The third-order valence-electron chi connectivity index (χ3n) is 2.45. The summed E-state index contributed by atoms with van der Waals surface area (Å²) in [6.07, 6.45) is 6.74. The molecule has 1 aromatic rings. The molecule has 1 fully saturated rings. The van der Waals surface area contributed by atoms with Gasteiger partial charge in [0, 0.05) is 5.25 Å². The first-order valence-electron chi connectivity index (χ1n) is 5.00. The van der Waals surface area contributed by atoms with Crippen molar-refractivity contribution >= 4 is 23.4 Å². The van der Waals surface area contributed by atoms with Crippen molar-refractivity contribution in [3.05, 3.63) is 17.3 Å². The minimum Gasteiger partial charge on any atom is -0.143 e. The molecule has 4 heteroatoms. The summed E-state index contributed by atoms with van der Waals surface area (Å²) in [7, 11) is 0. The third-order valence-corrected chi connectivity index (χ3v) is 3.91. The van der Waals surface area contributed by atoms with Gasteiger partial charge < -0.3 is 0 Å². The molecule has 14 heavy (non-hydrogen) atoms. The molecule has 76 valence electrons. The summed E-state index contributed by atoms with van der Waals surface area (Å²) >= 11 is 7.51. The van der Waals surface area contributed by atoms with Gasteiger partial charge in [0.2, 0.25) is 0 Å². The molecule has 0 amide bonds. The second-order valence-corrected chi connectivity index (χ2v) is 5.28. The highest BCUT2D eigenvalue weighted by Crippen LogP contribution is 2.32. The fourth-order valence-electron chi connectivity index (χ4n) is 1.72. The molecule has 0 spiro atoms. The summed E-state index contributed by atoms with van der Waals surface area (Å²) in [6.45, 7) is 0. The standard InChI is InChI=1S/C10H13ClN2S/c11-9-6-7-10(13-12-9)14-8-4-2-1-3-5-8/h6-8H,1-5H2. The summed E-state index contributed by atoms with van der Waals surface area (Å²) in [5, 5.41) is 10.1. The average Bonchev–Trinajstić information content (AvgIpc) is 2.23. The van der Waals surface area contributed by atoms with Crippen LogP contribution < -0.4 is 0 Å². The first-order chi connectivity index (χ1) is 6.84. The van der Waals surface area contributed by atoms with Gasteiger partial charge in [-0.05, 0) is 25.0 Å². The summed E-state index contributed by atoms with van der Waals surface area (Å²) in [6, 6.07) is 3.76. The lowest BCUT2D eigenvalue weighted by Crippen LogP contribution is -2.08. The zero-order valence-electron chi connectivity index (χ0n) is 7.95. The quantitative estimate of drug-likeness (QED) is 0.774. The molecular formula is C10H13ClN2S. The van der Waals surface area contributed by atoms with Crippen molar-refractivity contribution in [1.82, 2.24) is 10.2 Å². The summed E-state index contributed by atoms with van der Waals surface area (Å²) in [4.78, 5) is 0. The predicted molar refractivity (Wildman–Crippen MR) is 59.8 cm³/mol. The molecule has 2 nitrogen and oxygen atoms in total.